The zero-order chi connectivity index (χ0) is 16.5. The zero-order valence-electron chi connectivity index (χ0n) is 15.3. The quantitative estimate of drug-likeness (QED) is 0.266. The summed E-state index contributed by atoms with van der Waals surface area (Å²) in [5, 5.41) is 6.82. The number of likely N-dealkylation sites (N-methyl/N-ethyl adjacent to an activating group) is 1. The van der Waals surface area contributed by atoms with Gasteiger partial charge < -0.3 is 15.5 Å². The normalized spacial score (nSPS) is 15.8. The standard InChI is InChI=1S/C19H32N4.HI/c1-4-20-19(22-15-18(23(2)3)17-12-13-17)21-14-8-11-16-9-6-5-7-10-16;/h5-7,9-10,17-18H,4,8,11-15H2,1-3H3,(H2,20,21,22);1H. The van der Waals surface area contributed by atoms with Crippen molar-refractivity contribution >= 4 is 29.9 Å². The van der Waals surface area contributed by atoms with Gasteiger partial charge in [0.2, 0.25) is 0 Å². The maximum absolute atomic E-state index is 4.79. The van der Waals surface area contributed by atoms with E-state index in [9.17, 15) is 0 Å². The van der Waals surface area contributed by atoms with Crippen molar-refractivity contribution in [2.75, 3.05) is 33.7 Å². The average molecular weight is 444 g/mol. The molecule has 4 nitrogen and oxygen atoms in total. The predicted octanol–water partition coefficient (Wildman–Crippen LogP) is 3.13. The minimum Gasteiger partial charge on any atom is -0.357 e. The molecule has 0 aliphatic heterocycles. The van der Waals surface area contributed by atoms with Gasteiger partial charge in [0, 0.05) is 19.1 Å². The van der Waals surface area contributed by atoms with Crippen LogP contribution in [0.5, 0.6) is 0 Å². The van der Waals surface area contributed by atoms with Gasteiger partial charge in [0.15, 0.2) is 5.96 Å². The highest BCUT2D eigenvalue weighted by Crippen LogP contribution is 2.34. The highest BCUT2D eigenvalue weighted by Gasteiger charge is 2.32. The van der Waals surface area contributed by atoms with E-state index in [2.05, 4.69) is 66.9 Å². The van der Waals surface area contributed by atoms with E-state index < -0.39 is 0 Å². The highest BCUT2D eigenvalue weighted by atomic mass is 127. The number of benzene rings is 1. The van der Waals surface area contributed by atoms with Gasteiger partial charge in [0.25, 0.3) is 0 Å². The molecule has 1 atom stereocenters. The third kappa shape index (κ3) is 7.83. The molecule has 0 aromatic heterocycles. The van der Waals surface area contributed by atoms with Gasteiger partial charge in [0.1, 0.15) is 0 Å². The average Bonchev–Trinajstić information content (AvgIpc) is 3.37. The van der Waals surface area contributed by atoms with Crippen molar-refractivity contribution in [2.45, 2.75) is 38.6 Å². The van der Waals surface area contributed by atoms with E-state index in [1.165, 1.54) is 18.4 Å². The molecule has 1 aliphatic carbocycles. The Bertz CT molecular complexity index is 470. The fraction of sp³-hybridized carbons (Fsp3) is 0.632. The molecule has 1 fully saturated rings. The van der Waals surface area contributed by atoms with Crippen molar-refractivity contribution in [3.05, 3.63) is 35.9 Å². The monoisotopic (exact) mass is 444 g/mol. The van der Waals surface area contributed by atoms with Gasteiger partial charge in [-0.25, -0.2) is 0 Å². The van der Waals surface area contributed by atoms with Crippen molar-refractivity contribution in [2.24, 2.45) is 10.9 Å². The van der Waals surface area contributed by atoms with E-state index in [1.54, 1.807) is 0 Å². The first-order valence-electron chi connectivity index (χ1n) is 8.93. The summed E-state index contributed by atoms with van der Waals surface area (Å²) in [6.07, 6.45) is 4.95. The molecule has 1 unspecified atom stereocenters. The number of hydrogen-bond acceptors (Lipinski definition) is 2. The van der Waals surface area contributed by atoms with Crippen LogP contribution in [0.25, 0.3) is 0 Å². The number of rotatable bonds is 9. The first-order valence-corrected chi connectivity index (χ1v) is 8.93. The summed E-state index contributed by atoms with van der Waals surface area (Å²) in [6, 6.07) is 11.2. The number of nitrogens with one attached hydrogen (secondary N) is 2. The lowest BCUT2D eigenvalue weighted by atomic mass is 10.1. The van der Waals surface area contributed by atoms with Gasteiger partial charge in [-0.15, -0.1) is 24.0 Å². The number of hydrogen-bond donors (Lipinski definition) is 2. The number of guanidine groups is 1. The molecule has 2 N–H and O–H groups in total. The lowest BCUT2D eigenvalue weighted by Gasteiger charge is -2.23. The van der Waals surface area contributed by atoms with Crippen LogP contribution in [-0.4, -0.2) is 50.6 Å². The van der Waals surface area contributed by atoms with Crippen LogP contribution in [-0.2, 0) is 6.42 Å². The number of halogens is 1. The van der Waals surface area contributed by atoms with E-state index in [4.69, 9.17) is 4.99 Å². The van der Waals surface area contributed by atoms with Gasteiger partial charge in [-0.2, -0.15) is 0 Å². The fourth-order valence-corrected chi connectivity index (χ4v) is 2.89. The number of nitrogens with zero attached hydrogens (tertiary/aromatic N) is 2. The van der Waals surface area contributed by atoms with E-state index in [0.717, 1.165) is 44.4 Å². The predicted molar refractivity (Wildman–Crippen MR) is 114 cm³/mol. The van der Waals surface area contributed by atoms with Crippen molar-refractivity contribution in [1.82, 2.24) is 15.5 Å². The summed E-state index contributed by atoms with van der Waals surface area (Å²) < 4.78 is 0. The zero-order valence-corrected chi connectivity index (χ0v) is 17.6. The van der Waals surface area contributed by atoms with Crippen molar-refractivity contribution in [1.29, 1.82) is 0 Å². The van der Waals surface area contributed by atoms with Crippen LogP contribution in [0.2, 0.25) is 0 Å². The van der Waals surface area contributed by atoms with E-state index >= 15 is 0 Å². The molecule has 0 bridgehead atoms. The van der Waals surface area contributed by atoms with E-state index in [-0.39, 0.29) is 24.0 Å². The summed E-state index contributed by atoms with van der Waals surface area (Å²) in [5.41, 5.74) is 1.40. The molecule has 1 aliphatic rings. The molecule has 1 aromatic carbocycles. The Morgan fingerprint density at radius 3 is 2.50 bits per heavy atom. The van der Waals surface area contributed by atoms with Crippen molar-refractivity contribution in [3.8, 4) is 0 Å². The summed E-state index contributed by atoms with van der Waals surface area (Å²) >= 11 is 0. The van der Waals surface area contributed by atoms with Crippen LogP contribution >= 0.6 is 24.0 Å². The van der Waals surface area contributed by atoms with Crippen LogP contribution in [0.3, 0.4) is 0 Å². The smallest absolute Gasteiger partial charge is 0.191 e. The van der Waals surface area contributed by atoms with Gasteiger partial charge in [-0.3, -0.25) is 4.99 Å². The molecule has 0 saturated heterocycles. The Morgan fingerprint density at radius 2 is 1.92 bits per heavy atom. The fourth-order valence-electron chi connectivity index (χ4n) is 2.89. The van der Waals surface area contributed by atoms with Crippen molar-refractivity contribution < 1.29 is 0 Å². The molecular formula is C19H33IN4. The number of aliphatic imine (C=N–C) groups is 1. The minimum atomic E-state index is 0. The number of aryl methyl sites for hydroxylation is 1. The Labute approximate surface area is 164 Å². The molecule has 1 saturated carbocycles. The molecule has 2 rings (SSSR count). The summed E-state index contributed by atoms with van der Waals surface area (Å²) in [4.78, 5) is 7.11. The third-order valence-corrected chi connectivity index (χ3v) is 4.39. The largest absolute Gasteiger partial charge is 0.357 e. The molecular weight excluding hydrogens is 411 g/mol. The highest BCUT2D eigenvalue weighted by molar-refractivity contribution is 14.0. The first-order chi connectivity index (χ1) is 11.2. The SMILES string of the molecule is CCNC(=NCC(C1CC1)N(C)C)NCCCc1ccccc1.I. The maximum Gasteiger partial charge on any atom is 0.191 e. The summed E-state index contributed by atoms with van der Waals surface area (Å²) in [5.74, 6) is 1.79. The lowest BCUT2D eigenvalue weighted by molar-refractivity contribution is 0.271. The lowest BCUT2D eigenvalue weighted by Crippen LogP contribution is -2.40. The van der Waals surface area contributed by atoms with Crippen molar-refractivity contribution in [3.63, 3.8) is 0 Å². The first kappa shape index (κ1) is 21.2. The Hall–Kier alpha value is -0.820. The molecule has 136 valence electrons. The third-order valence-electron chi connectivity index (χ3n) is 4.39. The van der Waals surface area contributed by atoms with Crippen LogP contribution in [0.1, 0.15) is 31.7 Å². The van der Waals surface area contributed by atoms with E-state index in [1.807, 2.05) is 0 Å². The van der Waals surface area contributed by atoms with Crippen LogP contribution < -0.4 is 10.6 Å². The molecule has 0 heterocycles. The van der Waals surface area contributed by atoms with Gasteiger partial charge in [-0.05, 0) is 58.2 Å². The molecule has 1 aromatic rings. The Kier molecular flexibility index (Phi) is 10.3. The second-order valence-electron chi connectivity index (χ2n) is 6.60. The Morgan fingerprint density at radius 1 is 1.21 bits per heavy atom. The molecule has 0 radical (unpaired) electrons. The van der Waals surface area contributed by atoms with Gasteiger partial charge in [-0.1, -0.05) is 30.3 Å². The topological polar surface area (TPSA) is 39.7 Å². The van der Waals surface area contributed by atoms with Crippen LogP contribution in [0.15, 0.2) is 35.3 Å². The molecule has 24 heavy (non-hydrogen) atoms. The summed E-state index contributed by atoms with van der Waals surface area (Å²) in [7, 11) is 4.33. The molecule has 5 heteroatoms. The second kappa shape index (κ2) is 11.7. The Balaban J connectivity index is 0.00000288. The maximum atomic E-state index is 4.79. The van der Waals surface area contributed by atoms with E-state index in [0.29, 0.717) is 6.04 Å². The molecule has 0 spiro atoms. The second-order valence-corrected chi connectivity index (χ2v) is 6.60. The van der Waals surface area contributed by atoms with Crippen LogP contribution in [0, 0.1) is 5.92 Å². The minimum absolute atomic E-state index is 0. The summed E-state index contributed by atoms with van der Waals surface area (Å²) in [6.45, 7) is 4.86. The van der Waals surface area contributed by atoms with Gasteiger partial charge in [0.05, 0.1) is 6.54 Å². The van der Waals surface area contributed by atoms with Crippen LogP contribution in [0.4, 0.5) is 0 Å². The van der Waals surface area contributed by atoms with Gasteiger partial charge >= 0.3 is 0 Å². The molecule has 0 amide bonds.